The maximum absolute atomic E-state index is 13.4. The molecule has 7 heteroatoms. The van der Waals surface area contributed by atoms with Crippen molar-refractivity contribution in [3.05, 3.63) is 35.4 Å². The summed E-state index contributed by atoms with van der Waals surface area (Å²) in [6.45, 7) is 0. The zero-order chi connectivity index (χ0) is 13.8. The fourth-order valence-corrected chi connectivity index (χ4v) is 3.60. The van der Waals surface area contributed by atoms with Crippen molar-refractivity contribution in [3.63, 3.8) is 0 Å². The van der Waals surface area contributed by atoms with Crippen LogP contribution in [0.5, 0.6) is 0 Å². The molecule has 2 N–H and O–H groups in total. The predicted octanol–water partition coefficient (Wildman–Crippen LogP) is 1.74. The van der Waals surface area contributed by atoms with Gasteiger partial charge in [-0.15, -0.1) is 0 Å². The molecule has 1 unspecified atom stereocenters. The zero-order valence-corrected chi connectivity index (χ0v) is 11.5. The lowest BCUT2D eigenvalue weighted by atomic mass is 10.1. The lowest BCUT2D eigenvalue weighted by Gasteiger charge is -2.12. The molecule has 102 valence electrons. The number of sulfone groups is 1. The second-order valence-corrected chi connectivity index (χ2v) is 7.39. The average Bonchev–Trinajstić information content (AvgIpc) is 2.22. The molecule has 3 nitrogen and oxygen atoms in total. The van der Waals surface area contributed by atoms with Crippen molar-refractivity contribution >= 4 is 21.6 Å². The van der Waals surface area contributed by atoms with Gasteiger partial charge in [0, 0.05) is 35.4 Å². The largest absolute Gasteiger partial charge is 0.323 e. The molecule has 0 saturated carbocycles. The van der Waals surface area contributed by atoms with E-state index in [1.165, 1.54) is 17.8 Å². The van der Waals surface area contributed by atoms with Gasteiger partial charge in [0.2, 0.25) is 0 Å². The van der Waals surface area contributed by atoms with E-state index in [0.717, 1.165) is 18.4 Å². The second kappa shape index (κ2) is 6.49. The molecule has 18 heavy (non-hydrogen) atoms. The molecule has 0 saturated heterocycles. The third-order valence-corrected chi connectivity index (χ3v) is 4.55. The molecule has 0 spiro atoms. The highest BCUT2D eigenvalue weighted by Crippen LogP contribution is 2.20. The molecule has 0 aliphatic rings. The van der Waals surface area contributed by atoms with Crippen molar-refractivity contribution in [3.8, 4) is 0 Å². The molecule has 0 aliphatic carbocycles. The molecule has 0 heterocycles. The first-order valence-electron chi connectivity index (χ1n) is 5.25. The lowest BCUT2D eigenvalue weighted by molar-refractivity contribution is 0.563. The molecule has 1 rings (SSSR count). The number of halogens is 2. The molecule has 1 atom stereocenters. The minimum atomic E-state index is -2.99. The highest BCUT2D eigenvalue weighted by Gasteiger charge is 2.12. The van der Waals surface area contributed by atoms with Gasteiger partial charge in [0.15, 0.2) is 0 Å². The van der Waals surface area contributed by atoms with Gasteiger partial charge in [-0.05, 0) is 6.07 Å². The summed E-state index contributed by atoms with van der Waals surface area (Å²) >= 11 is 1.33. The van der Waals surface area contributed by atoms with Crippen LogP contribution in [0.2, 0.25) is 0 Å². The Morgan fingerprint density at radius 1 is 1.39 bits per heavy atom. The van der Waals surface area contributed by atoms with E-state index in [1.807, 2.05) is 0 Å². The van der Waals surface area contributed by atoms with Gasteiger partial charge in [0.05, 0.1) is 5.75 Å². The molecule has 0 amide bonds. The van der Waals surface area contributed by atoms with Crippen molar-refractivity contribution in [2.75, 3.05) is 23.5 Å². The van der Waals surface area contributed by atoms with Gasteiger partial charge in [-0.1, -0.05) is 6.07 Å². The van der Waals surface area contributed by atoms with Crippen LogP contribution in [0.3, 0.4) is 0 Å². The summed E-state index contributed by atoms with van der Waals surface area (Å²) in [5, 5.41) is 0. The Morgan fingerprint density at radius 2 is 2.06 bits per heavy atom. The molecular weight excluding hydrogens is 280 g/mol. The van der Waals surface area contributed by atoms with Gasteiger partial charge < -0.3 is 5.73 Å². The molecule has 0 aliphatic heterocycles. The van der Waals surface area contributed by atoms with E-state index >= 15 is 0 Å². The summed E-state index contributed by atoms with van der Waals surface area (Å²) < 4.78 is 47.9. The normalized spacial score (nSPS) is 13.6. The Labute approximate surface area is 110 Å². The Kier molecular flexibility index (Phi) is 5.55. The summed E-state index contributed by atoms with van der Waals surface area (Å²) in [6.07, 6.45) is 1.16. The highest BCUT2D eigenvalue weighted by atomic mass is 32.2. The van der Waals surface area contributed by atoms with Crippen molar-refractivity contribution in [1.82, 2.24) is 0 Å². The standard InChI is InChI=1S/C11H15F2NO2S2/c1-18(15,16)5-4-17-7-11(14)9-3-2-8(12)6-10(9)13/h2-3,6,11H,4-5,7,14H2,1H3. The third-order valence-electron chi connectivity index (χ3n) is 2.26. The summed E-state index contributed by atoms with van der Waals surface area (Å²) in [6, 6.07) is 2.68. The summed E-state index contributed by atoms with van der Waals surface area (Å²) in [5.41, 5.74) is 6.00. The molecule has 0 fully saturated rings. The Morgan fingerprint density at radius 3 is 2.61 bits per heavy atom. The van der Waals surface area contributed by atoms with Crippen LogP contribution >= 0.6 is 11.8 Å². The van der Waals surface area contributed by atoms with E-state index in [2.05, 4.69) is 0 Å². The maximum atomic E-state index is 13.4. The first kappa shape index (κ1) is 15.4. The van der Waals surface area contributed by atoms with Crippen molar-refractivity contribution in [2.45, 2.75) is 6.04 Å². The highest BCUT2D eigenvalue weighted by molar-refractivity contribution is 8.00. The minimum absolute atomic E-state index is 0.0658. The number of benzene rings is 1. The maximum Gasteiger partial charge on any atom is 0.148 e. The van der Waals surface area contributed by atoms with Gasteiger partial charge >= 0.3 is 0 Å². The number of hydrogen-bond donors (Lipinski definition) is 1. The van der Waals surface area contributed by atoms with Crippen LogP contribution in [-0.2, 0) is 9.84 Å². The second-order valence-electron chi connectivity index (χ2n) is 3.98. The molecular formula is C11H15F2NO2S2. The van der Waals surface area contributed by atoms with E-state index in [1.54, 1.807) is 0 Å². The van der Waals surface area contributed by atoms with E-state index in [0.29, 0.717) is 11.5 Å². The van der Waals surface area contributed by atoms with Gasteiger partial charge in [0.1, 0.15) is 21.5 Å². The molecule has 1 aromatic carbocycles. The monoisotopic (exact) mass is 295 g/mol. The topological polar surface area (TPSA) is 60.2 Å². The van der Waals surface area contributed by atoms with E-state index in [9.17, 15) is 17.2 Å². The van der Waals surface area contributed by atoms with Gasteiger partial charge in [-0.3, -0.25) is 0 Å². The van der Waals surface area contributed by atoms with Crippen molar-refractivity contribution < 1.29 is 17.2 Å². The summed E-state index contributed by atoms with van der Waals surface area (Å²) in [7, 11) is -2.99. The zero-order valence-electron chi connectivity index (χ0n) is 9.90. The predicted molar refractivity (Wildman–Crippen MR) is 70.3 cm³/mol. The van der Waals surface area contributed by atoms with Crippen LogP contribution < -0.4 is 5.73 Å². The van der Waals surface area contributed by atoms with E-state index in [-0.39, 0.29) is 11.3 Å². The lowest BCUT2D eigenvalue weighted by Crippen LogP contribution is -2.16. The van der Waals surface area contributed by atoms with E-state index in [4.69, 9.17) is 5.73 Å². The van der Waals surface area contributed by atoms with Crippen LogP contribution in [0.15, 0.2) is 18.2 Å². The summed E-state index contributed by atoms with van der Waals surface area (Å²) in [4.78, 5) is 0. The van der Waals surface area contributed by atoms with Crippen LogP contribution in [0.25, 0.3) is 0 Å². The quantitative estimate of drug-likeness (QED) is 0.812. The van der Waals surface area contributed by atoms with Crippen molar-refractivity contribution in [2.24, 2.45) is 5.73 Å². The Hall–Kier alpha value is -0.660. The first-order valence-corrected chi connectivity index (χ1v) is 8.47. The van der Waals surface area contributed by atoms with Crippen LogP contribution in [0.1, 0.15) is 11.6 Å². The van der Waals surface area contributed by atoms with Gasteiger partial charge in [-0.25, -0.2) is 17.2 Å². The van der Waals surface area contributed by atoms with Crippen LogP contribution in [0.4, 0.5) is 8.78 Å². The van der Waals surface area contributed by atoms with Crippen LogP contribution in [0, 0.1) is 11.6 Å². The Bertz CT molecular complexity index is 506. The SMILES string of the molecule is CS(=O)(=O)CCSCC(N)c1ccc(F)cc1F. The summed E-state index contributed by atoms with van der Waals surface area (Å²) in [5.74, 6) is -0.455. The first-order chi connectivity index (χ1) is 8.29. The molecule has 0 radical (unpaired) electrons. The van der Waals surface area contributed by atoms with Gasteiger partial charge in [0.25, 0.3) is 0 Å². The smallest absolute Gasteiger partial charge is 0.148 e. The number of hydrogen-bond acceptors (Lipinski definition) is 4. The van der Waals surface area contributed by atoms with E-state index < -0.39 is 27.5 Å². The fourth-order valence-electron chi connectivity index (χ4n) is 1.31. The molecule has 0 aromatic heterocycles. The number of rotatable bonds is 6. The van der Waals surface area contributed by atoms with Crippen molar-refractivity contribution in [1.29, 1.82) is 0 Å². The molecule has 0 bridgehead atoms. The Balaban J connectivity index is 2.48. The molecule has 1 aromatic rings. The average molecular weight is 295 g/mol. The third kappa shape index (κ3) is 5.32. The number of nitrogens with two attached hydrogens (primary N) is 1. The van der Waals surface area contributed by atoms with Gasteiger partial charge in [-0.2, -0.15) is 11.8 Å². The fraction of sp³-hybridized carbons (Fsp3) is 0.455. The van der Waals surface area contributed by atoms with Crippen LogP contribution in [-0.4, -0.2) is 31.9 Å². The number of thioether (sulfide) groups is 1. The minimum Gasteiger partial charge on any atom is -0.323 e.